The van der Waals surface area contributed by atoms with E-state index in [0.717, 1.165) is 0 Å². The Bertz CT molecular complexity index is 686. The van der Waals surface area contributed by atoms with E-state index in [1.807, 2.05) is 6.92 Å². The lowest BCUT2D eigenvalue weighted by Gasteiger charge is -2.03. The van der Waals surface area contributed by atoms with Gasteiger partial charge in [-0.1, -0.05) is 28.4 Å². The molecule has 0 saturated heterocycles. The lowest BCUT2D eigenvalue weighted by atomic mass is 10.4. The van der Waals surface area contributed by atoms with Crippen LogP contribution in [-0.4, -0.2) is 25.5 Å². The van der Waals surface area contributed by atoms with Crippen LogP contribution in [0.1, 0.15) is 12.7 Å². The van der Waals surface area contributed by atoms with E-state index in [4.69, 9.17) is 33.7 Å². The van der Waals surface area contributed by atoms with Crippen LogP contribution in [0.2, 0.25) is 10.3 Å². The molecule has 0 atom stereocenters. The Balaban J connectivity index is 2.85. The van der Waals surface area contributed by atoms with Crippen molar-refractivity contribution in [1.82, 2.24) is 14.5 Å². The summed E-state index contributed by atoms with van der Waals surface area (Å²) in [5.41, 5.74) is 0.850. The molecule has 0 aliphatic rings. The van der Waals surface area contributed by atoms with E-state index in [0.29, 0.717) is 17.6 Å². The highest BCUT2D eigenvalue weighted by Crippen LogP contribution is 2.25. The number of nitrogens with zero attached hydrogens (tertiary/aromatic N) is 5. The third-order valence-electron chi connectivity index (χ3n) is 2.40. The average molecular weight is 284 g/mol. The van der Waals surface area contributed by atoms with Crippen molar-refractivity contribution in [3.05, 3.63) is 22.2 Å². The molecular weight excluding hydrogens is 277 g/mol. The molecule has 0 radical (unpaired) electrons. The van der Waals surface area contributed by atoms with Crippen LogP contribution in [0.15, 0.2) is 11.2 Å². The van der Waals surface area contributed by atoms with Gasteiger partial charge < -0.3 is 9.77 Å². The van der Waals surface area contributed by atoms with Gasteiger partial charge in [0.25, 0.3) is 0 Å². The van der Waals surface area contributed by atoms with Gasteiger partial charge in [0.15, 0.2) is 11.0 Å². The highest BCUT2D eigenvalue weighted by molar-refractivity contribution is 6.36. The lowest BCUT2D eigenvalue weighted by molar-refractivity contribution is 0.319. The van der Waals surface area contributed by atoms with Crippen LogP contribution in [0.3, 0.4) is 0 Å². The Hall–Kier alpha value is -1.84. The summed E-state index contributed by atoms with van der Waals surface area (Å²) in [6.07, 6.45) is 0. The standard InChI is InChI=1S/C10H7Cl2N5O/c1-2-17-6-3-7(11)14-9(12)8(6)15-10(17)5(4-13)16-18/h3,18H,2H2,1H3. The van der Waals surface area contributed by atoms with Gasteiger partial charge in [-0.25, -0.2) is 9.97 Å². The van der Waals surface area contributed by atoms with Gasteiger partial charge in [-0.15, -0.1) is 0 Å². The Labute approximate surface area is 112 Å². The predicted molar refractivity (Wildman–Crippen MR) is 67.2 cm³/mol. The van der Waals surface area contributed by atoms with Crippen LogP contribution in [-0.2, 0) is 6.54 Å². The minimum Gasteiger partial charge on any atom is -0.410 e. The molecule has 2 heterocycles. The van der Waals surface area contributed by atoms with Crippen molar-refractivity contribution in [3.63, 3.8) is 0 Å². The van der Waals surface area contributed by atoms with E-state index in [9.17, 15) is 0 Å². The number of rotatable bonds is 2. The zero-order valence-corrected chi connectivity index (χ0v) is 10.7. The molecule has 0 amide bonds. The van der Waals surface area contributed by atoms with Crippen molar-refractivity contribution in [3.8, 4) is 6.07 Å². The van der Waals surface area contributed by atoms with E-state index in [2.05, 4.69) is 15.1 Å². The quantitative estimate of drug-likeness (QED) is 0.397. The molecule has 0 aliphatic carbocycles. The third kappa shape index (κ3) is 1.88. The number of pyridine rings is 1. The molecule has 2 aromatic heterocycles. The molecule has 0 fully saturated rings. The molecule has 0 saturated carbocycles. The van der Waals surface area contributed by atoms with Gasteiger partial charge in [0, 0.05) is 12.6 Å². The van der Waals surface area contributed by atoms with Gasteiger partial charge in [0.2, 0.25) is 5.71 Å². The van der Waals surface area contributed by atoms with Crippen molar-refractivity contribution < 1.29 is 5.21 Å². The summed E-state index contributed by atoms with van der Waals surface area (Å²) in [5, 5.41) is 20.9. The van der Waals surface area contributed by atoms with Gasteiger partial charge in [-0.05, 0) is 6.92 Å². The van der Waals surface area contributed by atoms with E-state index in [-0.39, 0.29) is 21.8 Å². The second-order valence-corrected chi connectivity index (χ2v) is 4.09. The Morgan fingerprint density at radius 1 is 1.56 bits per heavy atom. The highest BCUT2D eigenvalue weighted by atomic mass is 35.5. The van der Waals surface area contributed by atoms with Crippen molar-refractivity contribution >= 4 is 39.9 Å². The molecule has 18 heavy (non-hydrogen) atoms. The van der Waals surface area contributed by atoms with E-state index in [1.54, 1.807) is 16.7 Å². The number of aryl methyl sites for hydroxylation is 1. The zero-order chi connectivity index (χ0) is 13.3. The summed E-state index contributed by atoms with van der Waals surface area (Å²) in [7, 11) is 0. The van der Waals surface area contributed by atoms with E-state index in [1.165, 1.54) is 0 Å². The van der Waals surface area contributed by atoms with Crippen LogP contribution in [0.25, 0.3) is 11.0 Å². The maximum atomic E-state index is 8.88. The number of nitriles is 1. The molecular formula is C10H7Cl2N5O. The van der Waals surface area contributed by atoms with Gasteiger partial charge in [-0.3, -0.25) is 0 Å². The van der Waals surface area contributed by atoms with Crippen LogP contribution < -0.4 is 0 Å². The molecule has 0 aromatic carbocycles. The normalized spacial score (nSPS) is 11.8. The molecule has 92 valence electrons. The molecule has 1 N–H and O–H groups in total. The molecule has 0 aliphatic heterocycles. The first kappa shape index (κ1) is 12.6. The number of imidazole rings is 1. The topological polar surface area (TPSA) is 87.1 Å². The number of hydrogen-bond donors (Lipinski definition) is 1. The molecule has 0 spiro atoms. The highest BCUT2D eigenvalue weighted by Gasteiger charge is 2.18. The monoisotopic (exact) mass is 283 g/mol. The molecule has 8 heteroatoms. The zero-order valence-electron chi connectivity index (χ0n) is 9.22. The van der Waals surface area contributed by atoms with E-state index < -0.39 is 0 Å². The number of oxime groups is 1. The van der Waals surface area contributed by atoms with Crippen LogP contribution in [0, 0.1) is 11.3 Å². The fourth-order valence-electron chi connectivity index (χ4n) is 1.67. The first-order valence-electron chi connectivity index (χ1n) is 4.97. The number of halogens is 2. The van der Waals surface area contributed by atoms with Gasteiger partial charge in [0.05, 0.1) is 5.52 Å². The first-order chi connectivity index (χ1) is 8.62. The Kier molecular flexibility index (Phi) is 3.36. The van der Waals surface area contributed by atoms with Crippen molar-refractivity contribution in [1.29, 1.82) is 5.26 Å². The summed E-state index contributed by atoms with van der Waals surface area (Å²) in [6.45, 7) is 2.38. The van der Waals surface area contributed by atoms with Crippen LogP contribution in [0.4, 0.5) is 0 Å². The van der Waals surface area contributed by atoms with Crippen molar-refractivity contribution in [2.75, 3.05) is 0 Å². The van der Waals surface area contributed by atoms with E-state index >= 15 is 0 Å². The fraction of sp³-hybridized carbons (Fsp3) is 0.200. The van der Waals surface area contributed by atoms with Gasteiger partial charge in [-0.2, -0.15) is 5.26 Å². The first-order valence-corrected chi connectivity index (χ1v) is 5.72. The summed E-state index contributed by atoms with van der Waals surface area (Å²) in [4.78, 5) is 8.03. The Morgan fingerprint density at radius 2 is 2.28 bits per heavy atom. The summed E-state index contributed by atoms with van der Waals surface area (Å²) in [5.74, 6) is 0.225. The average Bonchev–Trinajstić information content (AvgIpc) is 2.69. The maximum Gasteiger partial charge on any atom is 0.222 e. The number of aromatic nitrogens is 3. The number of fused-ring (bicyclic) bond motifs is 1. The summed E-state index contributed by atoms with van der Waals surface area (Å²) < 4.78 is 1.67. The minimum atomic E-state index is -0.194. The SMILES string of the molecule is CCn1c(C(C#N)=NO)nc2c(Cl)nc(Cl)cc21. The molecule has 0 bridgehead atoms. The van der Waals surface area contributed by atoms with Crippen LogP contribution in [0.5, 0.6) is 0 Å². The second kappa shape index (κ2) is 4.80. The number of hydrogen-bond acceptors (Lipinski definition) is 5. The Morgan fingerprint density at radius 3 is 2.83 bits per heavy atom. The molecule has 6 nitrogen and oxygen atoms in total. The molecule has 2 rings (SSSR count). The largest absolute Gasteiger partial charge is 0.410 e. The molecule has 0 unspecified atom stereocenters. The maximum absolute atomic E-state index is 8.88. The lowest BCUT2D eigenvalue weighted by Crippen LogP contribution is -2.08. The van der Waals surface area contributed by atoms with Gasteiger partial charge >= 0.3 is 0 Å². The second-order valence-electron chi connectivity index (χ2n) is 3.34. The summed E-state index contributed by atoms with van der Waals surface area (Å²) >= 11 is 11.8. The predicted octanol–water partition coefficient (Wildman–Crippen LogP) is 2.46. The smallest absolute Gasteiger partial charge is 0.222 e. The minimum absolute atomic E-state index is 0.140. The summed E-state index contributed by atoms with van der Waals surface area (Å²) in [6, 6.07) is 3.35. The van der Waals surface area contributed by atoms with Gasteiger partial charge in [0.1, 0.15) is 16.7 Å². The van der Waals surface area contributed by atoms with Crippen molar-refractivity contribution in [2.45, 2.75) is 13.5 Å². The van der Waals surface area contributed by atoms with Crippen LogP contribution >= 0.6 is 23.2 Å². The third-order valence-corrected chi connectivity index (χ3v) is 2.85. The fourth-order valence-corrected chi connectivity index (χ4v) is 2.13. The van der Waals surface area contributed by atoms with Crippen molar-refractivity contribution in [2.24, 2.45) is 5.16 Å². The molecule has 2 aromatic rings.